The second-order valence-electron chi connectivity index (χ2n) is 7.08. The van der Waals surface area contributed by atoms with Gasteiger partial charge in [0.25, 0.3) is 5.91 Å². The molecule has 164 valence electrons. The van der Waals surface area contributed by atoms with Crippen LogP contribution in [0.4, 0.5) is 14.6 Å². The highest BCUT2D eigenvalue weighted by Crippen LogP contribution is 2.21. The molecule has 0 aliphatic heterocycles. The number of nitrogens with zero attached hydrogens (tertiary/aromatic N) is 4. The van der Waals surface area contributed by atoms with Crippen molar-refractivity contribution >= 4 is 11.7 Å². The number of carbonyl (C=O) groups excluding carboxylic acids is 1. The van der Waals surface area contributed by atoms with E-state index in [4.69, 9.17) is 10.5 Å². The van der Waals surface area contributed by atoms with Gasteiger partial charge in [0, 0.05) is 12.7 Å². The number of hydrogen-bond acceptors (Lipinski definition) is 7. The molecule has 0 saturated carbocycles. The van der Waals surface area contributed by atoms with Crippen molar-refractivity contribution in [2.45, 2.75) is 25.7 Å². The number of aliphatic hydroxyl groups is 1. The van der Waals surface area contributed by atoms with E-state index in [9.17, 15) is 18.7 Å². The van der Waals surface area contributed by atoms with Crippen LogP contribution in [0.2, 0.25) is 0 Å². The minimum Gasteiger partial charge on any atom is -0.378 e. The van der Waals surface area contributed by atoms with Crippen LogP contribution in [0.1, 0.15) is 18.2 Å². The van der Waals surface area contributed by atoms with Gasteiger partial charge in [-0.3, -0.25) is 9.48 Å². The highest BCUT2D eigenvalue weighted by atomic mass is 19.1. The molecule has 1 amide bonds. The quantitative estimate of drug-likeness (QED) is 0.467. The topological polar surface area (TPSA) is 128 Å². The summed E-state index contributed by atoms with van der Waals surface area (Å²) in [7, 11) is 1.52. The van der Waals surface area contributed by atoms with E-state index in [1.54, 1.807) is 28.9 Å². The van der Waals surface area contributed by atoms with Gasteiger partial charge in [-0.25, -0.2) is 18.7 Å². The van der Waals surface area contributed by atoms with Gasteiger partial charge in [0.2, 0.25) is 0 Å². The molecule has 1 atom stereocenters. The van der Waals surface area contributed by atoms with Crippen molar-refractivity contribution in [3.8, 4) is 11.5 Å². The molecule has 0 fully saturated rings. The van der Waals surface area contributed by atoms with Crippen molar-refractivity contribution in [3.05, 3.63) is 59.4 Å². The molecule has 0 aliphatic rings. The number of methoxy groups -OCH3 is 1. The van der Waals surface area contributed by atoms with Crippen LogP contribution in [0.3, 0.4) is 0 Å². The Kier molecular flexibility index (Phi) is 6.56. The molecule has 3 aromatic rings. The zero-order valence-electron chi connectivity index (χ0n) is 17.0. The maximum Gasteiger partial charge on any atom is 0.250 e. The van der Waals surface area contributed by atoms with Crippen LogP contribution in [0.15, 0.2) is 36.5 Å². The van der Waals surface area contributed by atoms with Crippen LogP contribution in [0, 0.1) is 11.6 Å². The van der Waals surface area contributed by atoms with E-state index in [2.05, 4.69) is 20.4 Å². The van der Waals surface area contributed by atoms with E-state index in [0.29, 0.717) is 17.0 Å². The fraction of sp³-hybridized carbons (Fsp3) is 0.300. The Balaban J connectivity index is 1.90. The maximum atomic E-state index is 14.1. The summed E-state index contributed by atoms with van der Waals surface area (Å²) in [5, 5.41) is 16.9. The summed E-state index contributed by atoms with van der Waals surface area (Å²) in [5.41, 5.74) is 4.60. The van der Waals surface area contributed by atoms with Crippen LogP contribution in [0.5, 0.6) is 0 Å². The molecule has 4 N–H and O–H groups in total. The van der Waals surface area contributed by atoms with Crippen molar-refractivity contribution in [2.24, 2.45) is 5.73 Å². The first kappa shape index (κ1) is 22.2. The molecule has 0 saturated heterocycles. The third-order valence-corrected chi connectivity index (χ3v) is 4.54. The summed E-state index contributed by atoms with van der Waals surface area (Å²) in [5.74, 6) is -2.26. The Morgan fingerprint density at radius 2 is 2.06 bits per heavy atom. The number of nitrogens with one attached hydrogen (secondary N) is 1. The molecule has 1 unspecified atom stereocenters. The second kappa shape index (κ2) is 9.14. The molecule has 0 aliphatic carbocycles. The smallest absolute Gasteiger partial charge is 0.250 e. The lowest BCUT2D eigenvalue weighted by atomic mass is 10.1. The zero-order valence-corrected chi connectivity index (χ0v) is 17.0. The SMILES string of the molecule is COCc1cc(-c2ncc(F)c(NCC(C)(O)C(N)=O)n2)nn1Cc1ccccc1F. The average Bonchev–Trinajstić information content (AvgIpc) is 3.12. The minimum atomic E-state index is -1.90. The normalized spacial score (nSPS) is 13.1. The largest absolute Gasteiger partial charge is 0.378 e. The standard InChI is InChI=1S/C20H22F2N6O3/c1-20(30,19(23)29)11-25-17-15(22)8-24-18(26-17)16-7-13(10-31-2)28(27-16)9-12-5-3-4-6-14(12)21/h3-8,30H,9-11H2,1-2H3,(H2,23,29)(H,24,25,26). The first-order valence-corrected chi connectivity index (χ1v) is 9.29. The fourth-order valence-electron chi connectivity index (χ4n) is 2.71. The lowest BCUT2D eigenvalue weighted by molar-refractivity contribution is -0.133. The third-order valence-electron chi connectivity index (χ3n) is 4.54. The Morgan fingerprint density at radius 3 is 2.74 bits per heavy atom. The van der Waals surface area contributed by atoms with E-state index in [0.717, 1.165) is 6.20 Å². The van der Waals surface area contributed by atoms with Crippen LogP contribution >= 0.6 is 0 Å². The minimum absolute atomic E-state index is 0.0901. The second-order valence-corrected chi connectivity index (χ2v) is 7.08. The number of hydrogen-bond donors (Lipinski definition) is 3. The van der Waals surface area contributed by atoms with Gasteiger partial charge < -0.3 is 20.9 Å². The highest BCUT2D eigenvalue weighted by Gasteiger charge is 2.28. The number of rotatable bonds is 9. The molecule has 2 heterocycles. The number of benzene rings is 1. The molecule has 2 aromatic heterocycles. The lowest BCUT2D eigenvalue weighted by Gasteiger charge is -2.20. The molecule has 0 bridgehead atoms. The van der Waals surface area contributed by atoms with Crippen LogP contribution in [-0.4, -0.2) is 50.0 Å². The van der Waals surface area contributed by atoms with Crippen LogP contribution in [-0.2, 0) is 22.7 Å². The van der Waals surface area contributed by atoms with E-state index < -0.39 is 17.3 Å². The van der Waals surface area contributed by atoms with Gasteiger partial charge >= 0.3 is 0 Å². The van der Waals surface area contributed by atoms with Crippen LogP contribution in [0.25, 0.3) is 11.5 Å². The monoisotopic (exact) mass is 432 g/mol. The van der Waals surface area contributed by atoms with E-state index in [1.807, 2.05) is 0 Å². The van der Waals surface area contributed by atoms with Gasteiger partial charge in [0.05, 0.1) is 31.6 Å². The number of halogens is 2. The first-order valence-electron chi connectivity index (χ1n) is 9.29. The van der Waals surface area contributed by atoms with Gasteiger partial charge in [-0.15, -0.1) is 0 Å². The molecular formula is C20H22F2N6O3. The first-order chi connectivity index (χ1) is 14.7. The predicted octanol–water partition coefficient (Wildman–Crippen LogP) is 1.46. The molecule has 9 nitrogen and oxygen atoms in total. The predicted molar refractivity (Wildman–Crippen MR) is 108 cm³/mol. The lowest BCUT2D eigenvalue weighted by Crippen LogP contribution is -2.46. The van der Waals surface area contributed by atoms with Crippen molar-refractivity contribution in [2.75, 3.05) is 19.0 Å². The highest BCUT2D eigenvalue weighted by molar-refractivity contribution is 5.83. The van der Waals surface area contributed by atoms with Crippen LogP contribution < -0.4 is 11.1 Å². The average molecular weight is 432 g/mol. The fourth-order valence-corrected chi connectivity index (χ4v) is 2.71. The summed E-state index contributed by atoms with van der Waals surface area (Å²) in [6.45, 7) is 1.20. The Labute approximate surface area is 176 Å². The summed E-state index contributed by atoms with van der Waals surface area (Å²) >= 11 is 0. The van der Waals surface area contributed by atoms with Crippen molar-refractivity contribution < 1.29 is 23.4 Å². The molecule has 31 heavy (non-hydrogen) atoms. The Bertz CT molecular complexity index is 1090. The van der Waals surface area contributed by atoms with Crippen molar-refractivity contribution in [1.82, 2.24) is 19.7 Å². The summed E-state index contributed by atoms with van der Waals surface area (Å²) in [6, 6.07) is 7.98. The molecule has 0 spiro atoms. The Morgan fingerprint density at radius 1 is 1.32 bits per heavy atom. The van der Waals surface area contributed by atoms with E-state index in [-0.39, 0.29) is 37.2 Å². The van der Waals surface area contributed by atoms with Gasteiger partial charge in [-0.2, -0.15) is 5.10 Å². The number of aromatic nitrogens is 4. The van der Waals surface area contributed by atoms with Crippen molar-refractivity contribution in [1.29, 1.82) is 0 Å². The number of amides is 1. The third kappa shape index (κ3) is 5.19. The number of nitrogens with two attached hydrogens (primary N) is 1. The number of primary amides is 1. The van der Waals surface area contributed by atoms with E-state index >= 15 is 0 Å². The van der Waals surface area contributed by atoms with Gasteiger partial charge in [-0.1, -0.05) is 18.2 Å². The number of carbonyl (C=O) groups is 1. The van der Waals surface area contributed by atoms with Gasteiger partial charge in [-0.05, 0) is 19.1 Å². The maximum absolute atomic E-state index is 14.1. The molecule has 0 radical (unpaired) electrons. The van der Waals surface area contributed by atoms with Crippen molar-refractivity contribution in [3.63, 3.8) is 0 Å². The number of ether oxygens (including phenoxy) is 1. The van der Waals surface area contributed by atoms with Gasteiger partial charge in [0.15, 0.2) is 23.1 Å². The summed E-state index contributed by atoms with van der Waals surface area (Å²) in [4.78, 5) is 19.3. The molecule has 11 heteroatoms. The van der Waals surface area contributed by atoms with Gasteiger partial charge in [0.1, 0.15) is 11.5 Å². The zero-order chi connectivity index (χ0) is 22.6. The summed E-state index contributed by atoms with van der Waals surface area (Å²) in [6.07, 6.45) is 0.940. The van der Waals surface area contributed by atoms with E-state index in [1.165, 1.54) is 20.1 Å². The summed E-state index contributed by atoms with van der Waals surface area (Å²) < 4.78 is 34.9. The Hall–Kier alpha value is -3.44. The molecule has 1 aromatic carbocycles. The number of anilines is 1. The molecular weight excluding hydrogens is 410 g/mol. The molecule has 3 rings (SSSR count).